The SMILES string of the molecule is O=C(CCNC(=O)c1ccco1)NCCc1nnc2ccccn12. The van der Waals surface area contributed by atoms with Crippen LogP contribution >= 0.6 is 0 Å². The van der Waals surface area contributed by atoms with Crippen molar-refractivity contribution in [2.45, 2.75) is 12.8 Å². The van der Waals surface area contributed by atoms with E-state index in [0.29, 0.717) is 13.0 Å². The van der Waals surface area contributed by atoms with E-state index in [1.807, 2.05) is 28.8 Å². The van der Waals surface area contributed by atoms with Crippen molar-refractivity contribution >= 4 is 17.5 Å². The van der Waals surface area contributed by atoms with Gasteiger partial charge in [0.15, 0.2) is 11.4 Å². The highest BCUT2D eigenvalue weighted by Gasteiger charge is 2.09. The minimum Gasteiger partial charge on any atom is -0.459 e. The predicted octanol–water partition coefficient (Wildman–Crippen LogP) is 0.801. The van der Waals surface area contributed by atoms with Gasteiger partial charge in [0.25, 0.3) is 5.91 Å². The maximum Gasteiger partial charge on any atom is 0.286 e. The van der Waals surface area contributed by atoms with Crippen molar-refractivity contribution in [1.29, 1.82) is 0 Å². The summed E-state index contributed by atoms with van der Waals surface area (Å²) in [5.41, 5.74) is 0.777. The third kappa shape index (κ3) is 3.78. The Kier molecular flexibility index (Phi) is 4.85. The third-order valence-electron chi connectivity index (χ3n) is 3.44. The lowest BCUT2D eigenvalue weighted by atomic mass is 10.3. The fraction of sp³-hybridized carbons (Fsp3) is 0.250. The summed E-state index contributed by atoms with van der Waals surface area (Å²) in [5, 5.41) is 13.6. The molecule has 2 amide bonds. The number of furan rings is 1. The third-order valence-corrected chi connectivity index (χ3v) is 3.44. The molecule has 3 aromatic heterocycles. The zero-order valence-corrected chi connectivity index (χ0v) is 12.9. The molecule has 124 valence electrons. The van der Waals surface area contributed by atoms with Gasteiger partial charge in [-0.1, -0.05) is 6.07 Å². The molecule has 2 N–H and O–H groups in total. The molecular formula is C16H17N5O3. The van der Waals surface area contributed by atoms with Crippen molar-refractivity contribution < 1.29 is 14.0 Å². The molecule has 0 unspecified atom stereocenters. The van der Waals surface area contributed by atoms with Gasteiger partial charge in [-0.2, -0.15) is 0 Å². The molecule has 0 bridgehead atoms. The number of amides is 2. The Hall–Kier alpha value is -3.16. The molecule has 3 heterocycles. The molecule has 8 nitrogen and oxygen atoms in total. The summed E-state index contributed by atoms with van der Waals surface area (Å²) in [6.07, 6.45) is 4.09. The van der Waals surface area contributed by atoms with Crippen molar-refractivity contribution in [3.05, 3.63) is 54.4 Å². The molecule has 8 heteroatoms. The van der Waals surface area contributed by atoms with Gasteiger partial charge in [-0.3, -0.25) is 14.0 Å². The molecule has 24 heavy (non-hydrogen) atoms. The average Bonchev–Trinajstić information content (AvgIpc) is 3.25. The van der Waals surface area contributed by atoms with Gasteiger partial charge in [0.1, 0.15) is 5.82 Å². The largest absolute Gasteiger partial charge is 0.459 e. The average molecular weight is 327 g/mol. The summed E-state index contributed by atoms with van der Waals surface area (Å²) in [4.78, 5) is 23.4. The lowest BCUT2D eigenvalue weighted by Gasteiger charge is -2.05. The number of hydrogen-bond donors (Lipinski definition) is 2. The van der Waals surface area contributed by atoms with Crippen molar-refractivity contribution in [3.8, 4) is 0 Å². The first-order valence-electron chi connectivity index (χ1n) is 7.61. The van der Waals surface area contributed by atoms with Gasteiger partial charge >= 0.3 is 0 Å². The van der Waals surface area contributed by atoms with Crippen LogP contribution in [0.25, 0.3) is 5.65 Å². The summed E-state index contributed by atoms with van der Waals surface area (Å²) < 4.78 is 6.85. The zero-order chi connectivity index (χ0) is 16.8. The summed E-state index contributed by atoms with van der Waals surface area (Å²) >= 11 is 0. The quantitative estimate of drug-likeness (QED) is 0.668. The topological polar surface area (TPSA) is 102 Å². The lowest BCUT2D eigenvalue weighted by molar-refractivity contribution is -0.120. The van der Waals surface area contributed by atoms with Crippen LogP contribution in [-0.4, -0.2) is 39.5 Å². The van der Waals surface area contributed by atoms with Gasteiger partial charge in [0.05, 0.1) is 6.26 Å². The lowest BCUT2D eigenvalue weighted by Crippen LogP contribution is -2.31. The monoisotopic (exact) mass is 327 g/mol. The maximum absolute atomic E-state index is 11.8. The summed E-state index contributed by atoms with van der Waals surface area (Å²) in [7, 11) is 0. The van der Waals surface area contributed by atoms with Crippen LogP contribution in [0.3, 0.4) is 0 Å². The molecule has 0 fully saturated rings. The molecule has 0 aliphatic carbocycles. The second-order valence-corrected chi connectivity index (χ2v) is 5.13. The van der Waals surface area contributed by atoms with Crippen molar-refractivity contribution in [2.75, 3.05) is 13.1 Å². The van der Waals surface area contributed by atoms with Gasteiger partial charge in [-0.15, -0.1) is 10.2 Å². The fourth-order valence-electron chi connectivity index (χ4n) is 2.25. The van der Waals surface area contributed by atoms with E-state index >= 15 is 0 Å². The van der Waals surface area contributed by atoms with Gasteiger partial charge in [-0.05, 0) is 24.3 Å². The van der Waals surface area contributed by atoms with E-state index in [0.717, 1.165) is 11.5 Å². The molecule has 0 saturated heterocycles. The van der Waals surface area contributed by atoms with Gasteiger partial charge in [0.2, 0.25) is 5.91 Å². The highest BCUT2D eigenvalue weighted by atomic mass is 16.3. The number of fused-ring (bicyclic) bond motifs is 1. The molecular weight excluding hydrogens is 310 g/mol. The Morgan fingerprint density at radius 1 is 1.08 bits per heavy atom. The number of hydrogen-bond acceptors (Lipinski definition) is 5. The smallest absolute Gasteiger partial charge is 0.286 e. The number of carbonyl (C=O) groups excluding carboxylic acids is 2. The van der Waals surface area contributed by atoms with Crippen LogP contribution in [0, 0.1) is 0 Å². The number of carbonyl (C=O) groups is 2. The molecule has 0 aliphatic rings. The highest BCUT2D eigenvalue weighted by molar-refractivity contribution is 5.91. The molecule has 0 radical (unpaired) electrons. The first-order valence-corrected chi connectivity index (χ1v) is 7.61. The van der Waals surface area contributed by atoms with E-state index in [1.165, 1.54) is 6.26 Å². The fourth-order valence-corrected chi connectivity index (χ4v) is 2.25. The second-order valence-electron chi connectivity index (χ2n) is 5.13. The van der Waals surface area contributed by atoms with E-state index in [1.54, 1.807) is 12.1 Å². The first-order chi connectivity index (χ1) is 11.7. The number of nitrogens with one attached hydrogen (secondary N) is 2. The molecule has 3 aromatic rings. The van der Waals surface area contributed by atoms with Crippen molar-refractivity contribution in [2.24, 2.45) is 0 Å². The second kappa shape index (κ2) is 7.40. The Morgan fingerprint density at radius 3 is 2.83 bits per heavy atom. The van der Waals surface area contributed by atoms with E-state index < -0.39 is 0 Å². The normalized spacial score (nSPS) is 10.7. The van der Waals surface area contributed by atoms with Crippen LogP contribution in [-0.2, 0) is 11.2 Å². The van der Waals surface area contributed by atoms with Gasteiger partial charge < -0.3 is 15.1 Å². The van der Waals surface area contributed by atoms with Crippen LogP contribution < -0.4 is 10.6 Å². The highest BCUT2D eigenvalue weighted by Crippen LogP contribution is 2.03. The van der Waals surface area contributed by atoms with Crippen LogP contribution in [0.4, 0.5) is 0 Å². The summed E-state index contributed by atoms with van der Waals surface area (Å²) in [6, 6.07) is 8.87. The molecule has 0 atom stereocenters. The van der Waals surface area contributed by atoms with Gasteiger partial charge in [-0.25, -0.2) is 0 Å². The minimum atomic E-state index is -0.331. The zero-order valence-electron chi connectivity index (χ0n) is 12.9. The number of nitrogens with zero attached hydrogens (tertiary/aromatic N) is 3. The molecule has 3 rings (SSSR count). The van der Waals surface area contributed by atoms with Crippen molar-refractivity contribution in [3.63, 3.8) is 0 Å². The summed E-state index contributed by atoms with van der Waals surface area (Å²) in [6.45, 7) is 0.708. The van der Waals surface area contributed by atoms with Crippen molar-refractivity contribution in [1.82, 2.24) is 25.2 Å². The number of rotatable bonds is 7. The Bertz CT molecular complexity index is 825. The first kappa shape index (κ1) is 15.7. The van der Waals surface area contributed by atoms with Gasteiger partial charge in [0, 0.05) is 32.1 Å². The minimum absolute atomic E-state index is 0.136. The molecule has 0 saturated carbocycles. The predicted molar refractivity (Wildman–Crippen MR) is 85.4 cm³/mol. The van der Waals surface area contributed by atoms with E-state index in [2.05, 4.69) is 20.8 Å². The standard InChI is InChI=1S/C16H17N5O3/c22-15(7-9-18-16(23)12-4-3-11-24-12)17-8-6-14-20-19-13-5-1-2-10-21(13)14/h1-5,10-11H,6-9H2,(H,17,22)(H,18,23). The Morgan fingerprint density at radius 2 is 2.00 bits per heavy atom. The number of pyridine rings is 1. The van der Waals surface area contributed by atoms with Crippen LogP contribution in [0.5, 0.6) is 0 Å². The van der Waals surface area contributed by atoms with E-state index in [4.69, 9.17) is 4.42 Å². The summed E-state index contributed by atoms with van der Waals surface area (Å²) in [5.74, 6) is 0.553. The van der Waals surface area contributed by atoms with Crippen LogP contribution in [0.15, 0.2) is 47.2 Å². The molecule has 0 aromatic carbocycles. The van der Waals surface area contributed by atoms with E-state index in [-0.39, 0.29) is 30.5 Å². The molecule has 0 aliphatic heterocycles. The Balaban J connectivity index is 1.37. The van der Waals surface area contributed by atoms with Crippen LogP contribution in [0.2, 0.25) is 0 Å². The van der Waals surface area contributed by atoms with Crippen LogP contribution in [0.1, 0.15) is 22.8 Å². The number of aromatic nitrogens is 3. The Labute approximate surface area is 137 Å². The molecule has 0 spiro atoms. The van der Waals surface area contributed by atoms with E-state index in [9.17, 15) is 9.59 Å². The maximum atomic E-state index is 11.8.